The van der Waals surface area contributed by atoms with Gasteiger partial charge in [0.1, 0.15) is 0 Å². The predicted octanol–water partition coefficient (Wildman–Crippen LogP) is 2.45. The van der Waals surface area contributed by atoms with E-state index >= 15 is 0 Å². The second kappa shape index (κ2) is 10.9. The van der Waals surface area contributed by atoms with Crippen molar-refractivity contribution < 1.29 is 4.79 Å². The number of carbonyl (C=O) groups excluding carboxylic acids is 1. The lowest BCUT2D eigenvalue weighted by atomic mass is 10.1. The van der Waals surface area contributed by atoms with Gasteiger partial charge in [-0.15, -0.1) is 24.2 Å². The zero-order chi connectivity index (χ0) is 12.5. The Bertz CT molecular complexity index is 223. The van der Waals surface area contributed by atoms with Gasteiger partial charge in [-0.3, -0.25) is 4.79 Å². The minimum absolute atomic E-state index is 0. The van der Waals surface area contributed by atoms with E-state index < -0.39 is 0 Å². The first kappa shape index (κ1) is 18.1. The van der Waals surface area contributed by atoms with Crippen molar-refractivity contribution in [1.82, 2.24) is 10.6 Å². The Hall–Kier alpha value is 0.0700. The summed E-state index contributed by atoms with van der Waals surface area (Å²) < 4.78 is 0. The molecule has 1 amide bonds. The number of halogens is 1. The number of thioether (sulfide) groups is 1. The molecule has 0 bridgehead atoms. The number of rotatable bonds is 8. The summed E-state index contributed by atoms with van der Waals surface area (Å²) in [4.78, 5) is 11.8. The van der Waals surface area contributed by atoms with Crippen LogP contribution in [-0.4, -0.2) is 36.5 Å². The van der Waals surface area contributed by atoms with Gasteiger partial charge in [0, 0.05) is 6.54 Å². The van der Waals surface area contributed by atoms with Gasteiger partial charge in [-0.1, -0.05) is 13.3 Å². The smallest absolute Gasteiger partial charge is 0.232 e. The quantitative estimate of drug-likeness (QED) is 0.676. The average molecular weight is 295 g/mol. The van der Waals surface area contributed by atoms with Crippen LogP contribution >= 0.6 is 24.2 Å². The van der Waals surface area contributed by atoms with Gasteiger partial charge >= 0.3 is 0 Å². The molecule has 0 saturated carbocycles. The lowest BCUT2D eigenvalue weighted by molar-refractivity contribution is -0.120. The molecular formula is C13H27ClN2OS. The van der Waals surface area contributed by atoms with Crippen molar-refractivity contribution in [2.24, 2.45) is 5.92 Å². The fraction of sp³-hybridized carbons (Fsp3) is 0.923. The van der Waals surface area contributed by atoms with E-state index in [0.717, 1.165) is 37.7 Å². The van der Waals surface area contributed by atoms with Gasteiger partial charge in [-0.25, -0.2) is 0 Å². The van der Waals surface area contributed by atoms with Crippen molar-refractivity contribution in [3.63, 3.8) is 0 Å². The summed E-state index contributed by atoms with van der Waals surface area (Å²) in [5.74, 6) is 2.06. The molecule has 0 aromatic rings. The normalized spacial score (nSPS) is 20.2. The van der Waals surface area contributed by atoms with Crippen LogP contribution in [0.1, 0.15) is 39.5 Å². The first-order chi connectivity index (χ1) is 8.24. The van der Waals surface area contributed by atoms with E-state index in [2.05, 4.69) is 17.6 Å². The second-order valence-electron chi connectivity index (χ2n) is 4.81. The second-order valence-corrected chi connectivity index (χ2v) is 6.25. The van der Waals surface area contributed by atoms with Crippen LogP contribution in [0.25, 0.3) is 0 Å². The number of hydrogen-bond donors (Lipinski definition) is 2. The summed E-state index contributed by atoms with van der Waals surface area (Å²) in [5.41, 5.74) is 0. The van der Waals surface area contributed by atoms with Crippen molar-refractivity contribution in [3.05, 3.63) is 0 Å². The number of amides is 1. The fourth-order valence-corrected chi connectivity index (χ4v) is 3.03. The third-order valence-corrected chi connectivity index (χ3v) is 4.49. The molecule has 1 aliphatic rings. The van der Waals surface area contributed by atoms with Crippen LogP contribution in [0.5, 0.6) is 0 Å². The van der Waals surface area contributed by atoms with Gasteiger partial charge in [0.15, 0.2) is 0 Å². The highest BCUT2D eigenvalue weighted by molar-refractivity contribution is 8.00. The molecule has 3 nitrogen and oxygen atoms in total. The molecule has 5 heteroatoms. The molecule has 0 aromatic heterocycles. The Kier molecular flexibility index (Phi) is 11.0. The Morgan fingerprint density at radius 3 is 2.94 bits per heavy atom. The van der Waals surface area contributed by atoms with Crippen molar-refractivity contribution in [1.29, 1.82) is 0 Å². The van der Waals surface area contributed by atoms with E-state index in [4.69, 9.17) is 0 Å². The van der Waals surface area contributed by atoms with E-state index in [1.54, 1.807) is 11.8 Å². The Balaban J connectivity index is 0.00000289. The molecule has 18 heavy (non-hydrogen) atoms. The zero-order valence-electron chi connectivity index (χ0n) is 11.5. The topological polar surface area (TPSA) is 41.1 Å². The molecular weight excluding hydrogens is 268 g/mol. The Morgan fingerprint density at radius 2 is 2.33 bits per heavy atom. The molecule has 1 rings (SSSR count). The van der Waals surface area contributed by atoms with Crippen LogP contribution in [0.2, 0.25) is 0 Å². The third kappa shape index (κ3) is 7.49. The van der Waals surface area contributed by atoms with E-state index in [-0.39, 0.29) is 23.6 Å². The van der Waals surface area contributed by atoms with Gasteiger partial charge < -0.3 is 10.6 Å². The molecule has 2 atom stereocenters. The highest BCUT2D eigenvalue weighted by atomic mass is 35.5. The minimum Gasteiger partial charge on any atom is -0.355 e. The molecule has 1 fully saturated rings. The number of nitrogens with one attached hydrogen (secondary N) is 2. The summed E-state index contributed by atoms with van der Waals surface area (Å²) in [6, 6.07) is 0. The monoisotopic (exact) mass is 294 g/mol. The van der Waals surface area contributed by atoms with Gasteiger partial charge in [0.25, 0.3) is 0 Å². The van der Waals surface area contributed by atoms with E-state index in [9.17, 15) is 4.79 Å². The fourth-order valence-electron chi connectivity index (χ4n) is 1.98. The van der Waals surface area contributed by atoms with Crippen LogP contribution in [0.15, 0.2) is 0 Å². The first-order valence-electron chi connectivity index (χ1n) is 6.84. The van der Waals surface area contributed by atoms with Gasteiger partial charge in [-0.2, -0.15) is 0 Å². The molecule has 0 radical (unpaired) electrons. The summed E-state index contributed by atoms with van der Waals surface area (Å²) in [6.07, 6.45) is 4.79. The van der Waals surface area contributed by atoms with Crippen LogP contribution < -0.4 is 10.6 Å². The highest BCUT2D eigenvalue weighted by Gasteiger charge is 2.16. The lowest BCUT2D eigenvalue weighted by Gasteiger charge is -2.13. The summed E-state index contributed by atoms with van der Waals surface area (Å²) >= 11 is 1.77. The third-order valence-electron chi connectivity index (χ3n) is 3.25. The summed E-state index contributed by atoms with van der Waals surface area (Å²) in [5, 5.41) is 6.50. The van der Waals surface area contributed by atoms with Crippen molar-refractivity contribution in [3.8, 4) is 0 Å². The van der Waals surface area contributed by atoms with Crippen LogP contribution in [0.4, 0.5) is 0 Å². The molecule has 1 aliphatic heterocycles. The van der Waals surface area contributed by atoms with Crippen molar-refractivity contribution in [2.45, 2.75) is 44.8 Å². The summed E-state index contributed by atoms with van der Waals surface area (Å²) in [7, 11) is 0. The number of unbranched alkanes of at least 4 members (excludes halogenated alkanes) is 1. The molecule has 2 N–H and O–H groups in total. The zero-order valence-corrected chi connectivity index (χ0v) is 13.2. The van der Waals surface area contributed by atoms with E-state index in [1.165, 1.54) is 19.3 Å². The SMILES string of the molecule is CCCCSC(C)C(=O)NCCC1CCNC1.Cl. The van der Waals surface area contributed by atoms with Gasteiger partial charge in [-0.05, 0) is 50.9 Å². The Morgan fingerprint density at radius 1 is 1.56 bits per heavy atom. The predicted molar refractivity (Wildman–Crippen MR) is 82.7 cm³/mol. The largest absolute Gasteiger partial charge is 0.355 e. The maximum Gasteiger partial charge on any atom is 0.232 e. The molecule has 108 valence electrons. The van der Waals surface area contributed by atoms with Crippen LogP contribution in [0.3, 0.4) is 0 Å². The average Bonchev–Trinajstić information content (AvgIpc) is 2.82. The molecule has 2 unspecified atom stereocenters. The van der Waals surface area contributed by atoms with Crippen molar-refractivity contribution in [2.75, 3.05) is 25.4 Å². The van der Waals surface area contributed by atoms with E-state index in [0.29, 0.717) is 0 Å². The standard InChI is InChI=1S/C13H26N2OS.ClH/c1-3-4-9-17-11(2)13(16)15-8-6-12-5-7-14-10-12;/h11-12,14H,3-10H2,1-2H3,(H,15,16);1H. The van der Waals surface area contributed by atoms with E-state index in [1.807, 2.05) is 6.92 Å². The summed E-state index contributed by atoms with van der Waals surface area (Å²) in [6.45, 7) is 7.29. The molecule has 0 aliphatic carbocycles. The lowest BCUT2D eigenvalue weighted by Crippen LogP contribution is -2.32. The van der Waals surface area contributed by atoms with Gasteiger partial charge in [0.05, 0.1) is 5.25 Å². The highest BCUT2D eigenvalue weighted by Crippen LogP contribution is 2.13. The van der Waals surface area contributed by atoms with Crippen LogP contribution in [0, 0.1) is 5.92 Å². The maximum atomic E-state index is 11.8. The molecule has 1 heterocycles. The van der Waals surface area contributed by atoms with Crippen molar-refractivity contribution >= 4 is 30.1 Å². The molecule has 0 spiro atoms. The number of carbonyl (C=O) groups is 1. The minimum atomic E-state index is 0. The Labute approximate surface area is 122 Å². The van der Waals surface area contributed by atoms with Gasteiger partial charge in [0.2, 0.25) is 5.91 Å². The molecule has 1 saturated heterocycles. The maximum absolute atomic E-state index is 11.8. The number of hydrogen-bond acceptors (Lipinski definition) is 3. The van der Waals surface area contributed by atoms with Crippen LogP contribution in [-0.2, 0) is 4.79 Å². The first-order valence-corrected chi connectivity index (χ1v) is 7.89. The molecule has 0 aromatic carbocycles.